The zero-order chi connectivity index (χ0) is 13.4. The van der Waals surface area contributed by atoms with Crippen LogP contribution in [0.3, 0.4) is 0 Å². The van der Waals surface area contributed by atoms with Crippen molar-refractivity contribution in [1.29, 1.82) is 0 Å². The summed E-state index contributed by atoms with van der Waals surface area (Å²) < 4.78 is 6.81. The molecule has 1 aromatic heterocycles. The normalized spacial score (nSPS) is 12.4. The van der Waals surface area contributed by atoms with E-state index in [0.29, 0.717) is 6.61 Å². The molecule has 0 amide bonds. The molecule has 6 heteroatoms. The number of thioether (sulfide) groups is 1. The van der Waals surface area contributed by atoms with E-state index in [1.54, 1.807) is 16.4 Å². The van der Waals surface area contributed by atoms with E-state index in [9.17, 15) is 4.79 Å². The van der Waals surface area contributed by atoms with Crippen LogP contribution >= 0.6 is 11.8 Å². The second kappa shape index (κ2) is 8.16. The highest BCUT2D eigenvalue weighted by Crippen LogP contribution is 2.18. The van der Waals surface area contributed by atoms with Crippen LogP contribution in [0.1, 0.15) is 20.3 Å². The summed E-state index contributed by atoms with van der Waals surface area (Å²) in [5.41, 5.74) is 0. The standard InChI is InChI=1S/C12H21N3O2S/c1-4-13-11(12(16)17-5-2)6-7-18-10-8-14-15(3)9-10/h8-9,11,13H,4-7H2,1-3H3. The minimum Gasteiger partial charge on any atom is -0.465 e. The van der Waals surface area contributed by atoms with Gasteiger partial charge in [0.15, 0.2) is 0 Å². The molecule has 0 saturated carbocycles. The fraction of sp³-hybridized carbons (Fsp3) is 0.667. The van der Waals surface area contributed by atoms with Crippen LogP contribution in [0.25, 0.3) is 0 Å². The molecule has 102 valence electrons. The summed E-state index contributed by atoms with van der Waals surface area (Å²) in [5, 5.41) is 7.25. The van der Waals surface area contributed by atoms with Crippen molar-refractivity contribution in [3.05, 3.63) is 12.4 Å². The minimum atomic E-state index is -0.209. The summed E-state index contributed by atoms with van der Waals surface area (Å²) in [7, 11) is 1.89. The Labute approximate surface area is 112 Å². The maximum Gasteiger partial charge on any atom is 0.323 e. The smallest absolute Gasteiger partial charge is 0.323 e. The Morgan fingerprint density at radius 3 is 2.94 bits per heavy atom. The number of rotatable bonds is 8. The zero-order valence-corrected chi connectivity index (χ0v) is 12.0. The number of hydrogen-bond acceptors (Lipinski definition) is 5. The van der Waals surface area contributed by atoms with Gasteiger partial charge in [0.1, 0.15) is 6.04 Å². The van der Waals surface area contributed by atoms with E-state index < -0.39 is 0 Å². The first-order valence-corrected chi connectivity index (χ1v) is 7.17. The van der Waals surface area contributed by atoms with Gasteiger partial charge < -0.3 is 10.1 Å². The van der Waals surface area contributed by atoms with Crippen LogP contribution in [0.2, 0.25) is 0 Å². The fourth-order valence-corrected chi connectivity index (χ4v) is 2.50. The van der Waals surface area contributed by atoms with E-state index in [1.807, 2.05) is 33.3 Å². The summed E-state index contributed by atoms with van der Waals surface area (Å²) in [5.74, 6) is 0.702. The van der Waals surface area contributed by atoms with Gasteiger partial charge in [-0.2, -0.15) is 5.10 Å². The first kappa shape index (κ1) is 15.0. The number of aryl methyl sites for hydroxylation is 1. The van der Waals surface area contributed by atoms with Crippen molar-refractivity contribution < 1.29 is 9.53 Å². The molecule has 0 radical (unpaired) electrons. The Morgan fingerprint density at radius 2 is 2.39 bits per heavy atom. The van der Waals surface area contributed by atoms with Crippen LogP contribution in [0.4, 0.5) is 0 Å². The molecule has 0 aliphatic carbocycles. The molecule has 0 aliphatic heterocycles. The number of nitrogens with one attached hydrogen (secondary N) is 1. The van der Waals surface area contributed by atoms with Crippen molar-refractivity contribution in [3.63, 3.8) is 0 Å². The van der Waals surface area contributed by atoms with Crippen molar-refractivity contribution in [2.75, 3.05) is 18.9 Å². The quantitative estimate of drug-likeness (QED) is 0.573. The third kappa shape index (κ3) is 5.10. The van der Waals surface area contributed by atoms with Gasteiger partial charge >= 0.3 is 5.97 Å². The number of carbonyl (C=O) groups excluding carboxylic acids is 1. The molecule has 5 nitrogen and oxygen atoms in total. The van der Waals surface area contributed by atoms with Crippen molar-refractivity contribution in [2.24, 2.45) is 7.05 Å². The Hall–Kier alpha value is -1.01. The number of ether oxygens (including phenoxy) is 1. The summed E-state index contributed by atoms with van der Waals surface area (Å²) in [6.45, 7) is 5.00. The molecule has 0 bridgehead atoms. The number of likely N-dealkylation sites (N-methyl/N-ethyl adjacent to an activating group) is 1. The van der Waals surface area contributed by atoms with Crippen molar-refractivity contribution in [1.82, 2.24) is 15.1 Å². The Kier molecular flexibility index (Phi) is 6.82. The highest BCUT2D eigenvalue weighted by atomic mass is 32.2. The summed E-state index contributed by atoms with van der Waals surface area (Å²) in [4.78, 5) is 12.8. The van der Waals surface area contributed by atoms with E-state index in [1.165, 1.54) is 0 Å². The van der Waals surface area contributed by atoms with Crippen LogP contribution in [-0.4, -0.2) is 40.7 Å². The average molecular weight is 271 g/mol. The maximum absolute atomic E-state index is 11.7. The Morgan fingerprint density at radius 1 is 1.61 bits per heavy atom. The second-order valence-corrected chi connectivity index (χ2v) is 5.02. The van der Waals surface area contributed by atoms with Gasteiger partial charge in [-0.05, 0) is 19.9 Å². The van der Waals surface area contributed by atoms with Crippen LogP contribution in [-0.2, 0) is 16.6 Å². The third-order valence-corrected chi connectivity index (χ3v) is 3.36. The van der Waals surface area contributed by atoms with Gasteiger partial charge in [-0.1, -0.05) is 6.92 Å². The monoisotopic (exact) mass is 271 g/mol. The first-order valence-electron chi connectivity index (χ1n) is 6.18. The highest BCUT2D eigenvalue weighted by molar-refractivity contribution is 7.99. The van der Waals surface area contributed by atoms with Crippen molar-refractivity contribution >= 4 is 17.7 Å². The predicted octanol–water partition coefficient (Wildman–Crippen LogP) is 1.44. The fourth-order valence-electron chi connectivity index (χ4n) is 1.56. The number of carbonyl (C=O) groups is 1. The molecular weight excluding hydrogens is 250 g/mol. The molecule has 0 saturated heterocycles. The number of esters is 1. The summed E-state index contributed by atoms with van der Waals surface area (Å²) >= 11 is 1.70. The van der Waals surface area contributed by atoms with Gasteiger partial charge in [0.25, 0.3) is 0 Å². The highest BCUT2D eigenvalue weighted by Gasteiger charge is 2.18. The molecule has 0 spiro atoms. The van der Waals surface area contributed by atoms with Gasteiger partial charge in [0.2, 0.25) is 0 Å². The van der Waals surface area contributed by atoms with Crippen LogP contribution in [0.15, 0.2) is 17.3 Å². The molecule has 18 heavy (non-hydrogen) atoms. The summed E-state index contributed by atoms with van der Waals surface area (Å²) in [6.07, 6.45) is 4.56. The van der Waals surface area contributed by atoms with Gasteiger partial charge in [0.05, 0.1) is 12.8 Å². The molecule has 1 atom stereocenters. The van der Waals surface area contributed by atoms with E-state index in [0.717, 1.165) is 23.6 Å². The topological polar surface area (TPSA) is 56.2 Å². The SMILES string of the molecule is CCNC(CCSc1cnn(C)c1)C(=O)OCC. The lowest BCUT2D eigenvalue weighted by Gasteiger charge is -2.15. The van der Waals surface area contributed by atoms with Gasteiger partial charge in [0, 0.05) is 23.9 Å². The number of nitrogens with zero attached hydrogens (tertiary/aromatic N) is 2. The maximum atomic E-state index is 11.7. The summed E-state index contributed by atoms with van der Waals surface area (Å²) in [6, 6.07) is -0.209. The Bertz CT molecular complexity index is 368. The lowest BCUT2D eigenvalue weighted by atomic mass is 10.2. The van der Waals surface area contributed by atoms with Crippen molar-refractivity contribution in [2.45, 2.75) is 31.2 Å². The molecule has 1 rings (SSSR count). The van der Waals surface area contributed by atoms with E-state index in [2.05, 4.69) is 10.4 Å². The third-order valence-electron chi connectivity index (χ3n) is 2.38. The largest absolute Gasteiger partial charge is 0.465 e. The van der Waals surface area contributed by atoms with Gasteiger partial charge in [-0.15, -0.1) is 11.8 Å². The molecular formula is C12H21N3O2S. The number of aromatic nitrogens is 2. The van der Waals surface area contributed by atoms with Crippen LogP contribution in [0.5, 0.6) is 0 Å². The Balaban J connectivity index is 2.35. The van der Waals surface area contributed by atoms with E-state index in [4.69, 9.17) is 4.74 Å². The van der Waals surface area contributed by atoms with Gasteiger partial charge in [-0.25, -0.2) is 0 Å². The molecule has 0 fully saturated rings. The van der Waals surface area contributed by atoms with E-state index >= 15 is 0 Å². The zero-order valence-electron chi connectivity index (χ0n) is 11.2. The van der Waals surface area contributed by atoms with Crippen molar-refractivity contribution in [3.8, 4) is 0 Å². The molecule has 0 aromatic carbocycles. The number of hydrogen-bond donors (Lipinski definition) is 1. The molecule has 1 heterocycles. The second-order valence-electron chi connectivity index (χ2n) is 3.85. The average Bonchev–Trinajstić information content (AvgIpc) is 2.74. The van der Waals surface area contributed by atoms with Crippen LogP contribution in [0, 0.1) is 0 Å². The molecule has 1 unspecified atom stereocenters. The van der Waals surface area contributed by atoms with Crippen LogP contribution < -0.4 is 5.32 Å². The lowest BCUT2D eigenvalue weighted by Crippen LogP contribution is -2.38. The molecule has 1 aromatic rings. The molecule has 1 N–H and O–H groups in total. The molecule has 0 aliphatic rings. The van der Waals surface area contributed by atoms with E-state index in [-0.39, 0.29) is 12.0 Å². The predicted molar refractivity (Wildman–Crippen MR) is 72.6 cm³/mol. The first-order chi connectivity index (χ1) is 8.67. The lowest BCUT2D eigenvalue weighted by molar-refractivity contribution is -0.145. The van der Waals surface area contributed by atoms with Gasteiger partial charge in [-0.3, -0.25) is 9.48 Å². The minimum absolute atomic E-state index is 0.161.